The van der Waals surface area contributed by atoms with Crippen molar-refractivity contribution >= 4 is 22.5 Å². The standard InChI is InChI=1S/C67H76N4O12/c1-4-50(67(80)27-33-19-35(67)22-46-40-16-13-37(75)24-47(40)60(77)44-8-6-7-39(33)55(44)46)65(79)82-53-26-48-61(78)58-52(76)25-38(29-72)81-63(58)59-56-43-17-18-70-64(68)57(43)42(15-10-31-9-12-36(74)23-45(31)49(56)30-73)41-14-11-32-21-54(69-5-2)71-28-34(32)20-51(41)66(53,3)83-62(48)59/h4,6-9,12,17,21-23,25,28,33,35,37,40-42,47,49,51,53-54,56,60,69-75,77-78,80H,5,10-11,13-16,18-20,24,26-27,29-30,68H2,1-3H3/b50-4+/t33-,35-,37+,40-,41+,42-,47+,49+,51-,53+,54?,56-,60-,66-,67+/m0/s1. The van der Waals surface area contributed by atoms with Gasteiger partial charge in [-0.2, -0.15) is 0 Å². The highest BCUT2D eigenvalue weighted by Crippen LogP contribution is 2.63. The van der Waals surface area contributed by atoms with E-state index in [2.05, 4.69) is 53.4 Å². The van der Waals surface area contributed by atoms with Crippen LogP contribution < -0.4 is 31.8 Å². The molecular formula is C67H76N4O12. The first-order chi connectivity index (χ1) is 40.1. The van der Waals surface area contributed by atoms with Crippen LogP contribution in [0.3, 0.4) is 0 Å². The van der Waals surface area contributed by atoms with E-state index >= 15 is 4.79 Å². The fourth-order valence-electron chi connectivity index (χ4n) is 17.9. The number of phenolic OH excluding ortho intramolecular Hbond substituents is 2. The van der Waals surface area contributed by atoms with E-state index in [0.717, 1.165) is 57.2 Å². The van der Waals surface area contributed by atoms with Crippen molar-refractivity contribution in [3.8, 4) is 17.2 Å². The van der Waals surface area contributed by atoms with Crippen LogP contribution in [-0.2, 0) is 29.0 Å². The molecular weight excluding hydrogens is 1050 g/mol. The van der Waals surface area contributed by atoms with E-state index in [1.165, 1.54) is 5.57 Å². The molecule has 12 N–H and O–H groups in total. The summed E-state index contributed by atoms with van der Waals surface area (Å²) in [6.07, 6.45) is 13.2. The third-order valence-electron chi connectivity index (χ3n) is 21.6. The van der Waals surface area contributed by atoms with Gasteiger partial charge in [-0.1, -0.05) is 49.4 Å². The minimum absolute atomic E-state index is 0.0121. The number of carbonyl (C=O) groups is 1. The van der Waals surface area contributed by atoms with Gasteiger partial charge in [0, 0.05) is 60.0 Å². The topological polar surface area (TPSA) is 269 Å². The molecule has 10 aliphatic rings. The van der Waals surface area contributed by atoms with Crippen molar-refractivity contribution in [1.82, 2.24) is 16.0 Å². The molecule has 0 saturated heterocycles. The lowest BCUT2D eigenvalue weighted by atomic mass is 9.61. The zero-order valence-electron chi connectivity index (χ0n) is 47.3. The summed E-state index contributed by atoms with van der Waals surface area (Å²) >= 11 is 0. The third kappa shape index (κ3) is 8.27. The molecule has 5 heterocycles. The molecule has 83 heavy (non-hydrogen) atoms. The van der Waals surface area contributed by atoms with Gasteiger partial charge >= 0.3 is 5.97 Å². The highest BCUT2D eigenvalue weighted by atomic mass is 16.6. The number of aromatic hydroxyl groups is 2. The number of hydrogen-bond donors (Lipinski definition) is 11. The zero-order chi connectivity index (χ0) is 57.5. The van der Waals surface area contributed by atoms with Gasteiger partial charge < -0.3 is 66.0 Å². The highest BCUT2D eigenvalue weighted by molar-refractivity contribution is 5.93. The number of hydrogen-bond acceptors (Lipinski definition) is 16. The maximum absolute atomic E-state index is 15.9. The number of ether oxygens (including phenoxy) is 2. The van der Waals surface area contributed by atoms with Crippen molar-refractivity contribution in [3.63, 3.8) is 0 Å². The number of rotatable bonds is 7. The van der Waals surface area contributed by atoms with E-state index in [1.807, 2.05) is 25.1 Å². The first-order valence-corrected chi connectivity index (χ1v) is 30.3. The van der Waals surface area contributed by atoms with Gasteiger partial charge in [0.05, 0.1) is 30.6 Å². The molecule has 1 aromatic heterocycles. The van der Waals surface area contributed by atoms with E-state index < -0.39 is 83.5 Å². The molecule has 0 amide bonds. The fraction of sp³-hybridized carbons (Fsp3) is 0.493. The van der Waals surface area contributed by atoms with Crippen LogP contribution in [0.25, 0.3) is 16.5 Å². The average Bonchev–Trinajstić information content (AvgIpc) is 3.86. The molecule has 16 nitrogen and oxygen atoms in total. The largest absolute Gasteiger partial charge is 0.508 e. The second-order valence-electron chi connectivity index (χ2n) is 25.6. The smallest absolute Gasteiger partial charge is 0.337 e. The number of allylic oxidation sites excluding steroid dienone is 6. The quantitative estimate of drug-likeness (QED) is 0.0640. The minimum atomic E-state index is -1.68. The van der Waals surface area contributed by atoms with Crippen LogP contribution in [0.5, 0.6) is 17.2 Å². The molecule has 3 aromatic carbocycles. The predicted octanol–water partition coefficient (Wildman–Crippen LogP) is 7.30. The van der Waals surface area contributed by atoms with E-state index in [4.69, 9.17) is 19.6 Å². The summed E-state index contributed by atoms with van der Waals surface area (Å²) in [7, 11) is 0. The fourth-order valence-corrected chi connectivity index (χ4v) is 17.9. The Hall–Kier alpha value is -6.66. The maximum atomic E-state index is 15.9. The number of aliphatic hydroxyl groups excluding tert-OH is 4. The number of dihydropyridines is 2. The monoisotopic (exact) mass is 1130 g/mol. The molecule has 14 rings (SSSR count). The summed E-state index contributed by atoms with van der Waals surface area (Å²) < 4.78 is 21.6. The van der Waals surface area contributed by atoms with Gasteiger partial charge in [-0.25, -0.2) is 4.79 Å². The van der Waals surface area contributed by atoms with Gasteiger partial charge in [0.2, 0.25) is 0 Å². The molecule has 6 aliphatic carbocycles. The Balaban J connectivity index is 0.971. The number of aryl methyl sites for hydroxylation is 1. The molecule has 0 radical (unpaired) electrons. The second kappa shape index (κ2) is 20.3. The molecule has 15 atom stereocenters. The summed E-state index contributed by atoms with van der Waals surface area (Å²) in [6, 6.07) is 12.5. The molecule has 6 bridgehead atoms. The summed E-state index contributed by atoms with van der Waals surface area (Å²) in [5, 5.41) is 93.6. The van der Waals surface area contributed by atoms with Crippen molar-refractivity contribution < 1.29 is 54.4 Å². The normalized spacial score (nSPS) is 34.7. The van der Waals surface area contributed by atoms with Gasteiger partial charge in [-0.15, -0.1) is 0 Å². The van der Waals surface area contributed by atoms with Crippen LogP contribution in [-0.4, -0.2) is 91.0 Å². The lowest BCUT2D eigenvalue weighted by molar-refractivity contribution is -0.171. The van der Waals surface area contributed by atoms with Gasteiger partial charge in [0.15, 0.2) is 5.43 Å². The Kier molecular flexibility index (Phi) is 13.3. The molecule has 1 unspecified atom stereocenters. The van der Waals surface area contributed by atoms with Crippen LogP contribution in [0.1, 0.15) is 147 Å². The minimum Gasteiger partial charge on any atom is -0.508 e. The molecule has 0 spiro atoms. The zero-order valence-corrected chi connectivity index (χ0v) is 47.3. The maximum Gasteiger partial charge on any atom is 0.337 e. The summed E-state index contributed by atoms with van der Waals surface area (Å²) in [5.41, 5.74) is 13.8. The first-order valence-electron chi connectivity index (χ1n) is 30.3. The van der Waals surface area contributed by atoms with E-state index in [-0.39, 0.29) is 88.0 Å². The predicted molar refractivity (Wildman–Crippen MR) is 310 cm³/mol. The van der Waals surface area contributed by atoms with Crippen LogP contribution in [0.2, 0.25) is 0 Å². The van der Waals surface area contributed by atoms with E-state index in [9.17, 15) is 40.5 Å². The van der Waals surface area contributed by atoms with Crippen molar-refractivity contribution in [2.24, 2.45) is 41.2 Å². The van der Waals surface area contributed by atoms with Crippen LogP contribution >= 0.6 is 0 Å². The number of aliphatic hydroxyl groups is 5. The van der Waals surface area contributed by atoms with Gasteiger partial charge in [-0.05, 0) is 188 Å². The van der Waals surface area contributed by atoms with Crippen molar-refractivity contribution in [2.45, 2.75) is 151 Å². The number of esters is 1. The SMILES string of the molecule is C/C=C(\C(=O)O[C@@H]1Cc2c3c(c4oc(CO)cc(=O)c4c2O)[C@H]2C4=CCNC(N)=C4[C@@H](CCc4ccc(O)cc4[C@H]2CO)[C@H]2CCC4=CC(NCC)NC=C4C[C@@H]2[C@]1(C)O3)[C@@]1(O)C[C@@H]2C[C@H]1C=C1c3c2cccc3[C@H](O)[C@@H]2C[C@H](O)CC[C@@H]12. The lowest BCUT2D eigenvalue weighted by Crippen LogP contribution is -2.59. The number of phenols is 2. The first kappa shape index (κ1) is 54.3. The highest BCUT2D eigenvalue weighted by Gasteiger charge is 2.60. The Bertz CT molecular complexity index is 3650. The molecule has 3 fully saturated rings. The van der Waals surface area contributed by atoms with Gasteiger partial charge in [-0.3, -0.25) is 10.1 Å². The Morgan fingerprint density at radius 3 is 2.58 bits per heavy atom. The van der Waals surface area contributed by atoms with E-state index in [1.54, 1.807) is 25.1 Å². The Morgan fingerprint density at radius 2 is 1.78 bits per heavy atom. The van der Waals surface area contributed by atoms with Crippen LogP contribution in [0.4, 0.5) is 0 Å². The number of likely N-dealkylation sites (N-methyl/N-ethyl adjacent to an activating group) is 1. The summed E-state index contributed by atoms with van der Waals surface area (Å²) in [4.78, 5) is 30.6. The van der Waals surface area contributed by atoms with Gasteiger partial charge in [0.1, 0.15) is 63.7 Å². The van der Waals surface area contributed by atoms with Crippen molar-refractivity contribution in [1.29, 1.82) is 0 Å². The number of fused-ring (bicyclic) bond motifs is 14. The van der Waals surface area contributed by atoms with Crippen LogP contribution in [0, 0.1) is 35.5 Å². The average molecular weight is 1130 g/mol. The van der Waals surface area contributed by atoms with Crippen LogP contribution in [0.15, 0.2) is 116 Å². The van der Waals surface area contributed by atoms with Crippen molar-refractivity contribution in [3.05, 3.63) is 162 Å². The number of benzene rings is 3. The van der Waals surface area contributed by atoms with Crippen molar-refractivity contribution in [2.75, 3.05) is 19.7 Å². The summed E-state index contributed by atoms with van der Waals surface area (Å²) in [5.74, 6) is -4.08. The number of nitrogens with two attached hydrogens (primary N) is 1. The lowest BCUT2D eigenvalue weighted by Gasteiger charge is -2.52. The molecule has 436 valence electrons. The van der Waals surface area contributed by atoms with E-state index in [0.29, 0.717) is 81.3 Å². The molecule has 4 aromatic rings. The Labute approximate surface area is 482 Å². The number of nitrogens with one attached hydrogen (secondary N) is 3. The molecule has 3 saturated carbocycles. The molecule has 4 aliphatic heterocycles. The second-order valence-corrected chi connectivity index (χ2v) is 25.6. The number of carbonyl (C=O) groups excluding carboxylic acids is 1. The van der Waals surface area contributed by atoms with Gasteiger partial charge in [0.25, 0.3) is 0 Å². The molecule has 16 heteroatoms. The summed E-state index contributed by atoms with van der Waals surface area (Å²) in [6.45, 7) is 5.84. The Morgan fingerprint density at radius 1 is 0.952 bits per heavy atom. The third-order valence-corrected chi connectivity index (χ3v) is 21.6.